The summed E-state index contributed by atoms with van der Waals surface area (Å²) in [6.45, 7) is 1.88. The van der Waals surface area contributed by atoms with E-state index in [9.17, 15) is 9.59 Å². The number of carbonyl (C=O) groups is 2. The number of primary amides is 1. The van der Waals surface area contributed by atoms with Gasteiger partial charge in [0.1, 0.15) is 5.65 Å². The molecule has 0 fully saturated rings. The fourth-order valence-electron chi connectivity index (χ4n) is 4.16. The number of amides is 2. The van der Waals surface area contributed by atoms with Crippen molar-refractivity contribution < 1.29 is 9.59 Å². The van der Waals surface area contributed by atoms with E-state index in [1.165, 1.54) is 0 Å². The molecule has 6 heteroatoms. The number of hydrogen-bond acceptors (Lipinski definition) is 3. The van der Waals surface area contributed by atoms with Crippen molar-refractivity contribution in [3.8, 4) is 0 Å². The van der Waals surface area contributed by atoms with Crippen molar-refractivity contribution in [3.63, 3.8) is 0 Å². The molecule has 2 heterocycles. The minimum Gasteiger partial charge on any atom is -0.366 e. The van der Waals surface area contributed by atoms with Gasteiger partial charge in [-0.3, -0.25) is 9.59 Å². The van der Waals surface area contributed by atoms with Crippen LogP contribution in [0.25, 0.3) is 33.5 Å². The Morgan fingerprint density at radius 2 is 1.71 bits per heavy atom. The Labute approximate surface area is 202 Å². The normalized spacial score (nSPS) is 12.5. The van der Waals surface area contributed by atoms with E-state index in [-0.39, 0.29) is 11.8 Å². The number of nitrogens with zero attached hydrogens (tertiary/aromatic N) is 1. The van der Waals surface area contributed by atoms with Crippen molar-refractivity contribution >= 4 is 51.0 Å². The number of rotatable bonds is 6. The highest BCUT2D eigenvalue weighted by atomic mass is 16.2. The summed E-state index contributed by atoms with van der Waals surface area (Å²) in [5, 5.41) is 5.99. The summed E-state index contributed by atoms with van der Waals surface area (Å²) in [4.78, 5) is 32.7. The highest BCUT2D eigenvalue weighted by Crippen LogP contribution is 2.27. The average Bonchev–Trinajstić information content (AvgIpc) is 3.28. The minimum atomic E-state index is -0.521. The van der Waals surface area contributed by atoms with E-state index in [1.54, 1.807) is 18.5 Å². The van der Waals surface area contributed by atoms with Gasteiger partial charge in [-0.15, -0.1) is 0 Å². The number of hydrogen-bond donors (Lipinski definition) is 3. The van der Waals surface area contributed by atoms with E-state index in [0.29, 0.717) is 16.9 Å². The van der Waals surface area contributed by atoms with Crippen LogP contribution in [0, 0.1) is 0 Å². The molecule has 3 aromatic carbocycles. The molecule has 0 saturated heterocycles. The van der Waals surface area contributed by atoms with Gasteiger partial charge >= 0.3 is 0 Å². The summed E-state index contributed by atoms with van der Waals surface area (Å²) < 4.78 is 0. The third kappa shape index (κ3) is 4.54. The summed E-state index contributed by atoms with van der Waals surface area (Å²) >= 11 is 0. The van der Waals surface area contributed by atoms with Crippen LogP contribution in [0.5, 0.6) is 0 Å². The molecular formula is C29H24N4O2. The number of benzene rings is 3. The van der Waals surface area contributed by atoms with Gasteiger partial charge in [0.2, 0.25) is 11.8 Å². The second-order valence-electron chi connectivity index (χ2n) is 8.47. The van der Waals surface area contributed by atoms with Crippen LogP contribution in [0.1, 0.15) is 29.5 Å². The Bertz CT molecular complexity index is 1580. The standard InChI is InChI=1S/C29H24N4O2/c1-18(21-12-11-19-7-5-6-10-22(19)13-21)29(35)33-24-15-26-23(16-31-28(26)32-17-24)14-25(27(30)34)20-8-3-2-4-9-20/h2-18H,1H3,(H2,30,34)(H,31,32)(H,33,35)/b25-14+. The summed E-state index contributed by atoms with van der Waals surface area (Å²) in [7, 11) is 0. The second kappa shape index (κ2) is 9.27. The Kier molecular flexibility index (Phi) is 5.85. The number of fused-ring (bicyclic) bond motifs is 2. The molecule has 2 aromatic heterocycles. The first-order chi connectivity index (χ1) is 17.0. The van der Waals surface area contributed by atoms with Gasteiger partial charge in [-0.25, -0.2) is 4.98 Å². The van der Waals surface area contributed by atoms with E-state index in [0.717, 1.165) is 32.8 Å². The lowest BCUT2D eigenvalue weighted by molar-refractivity contribution is -0.117. The number of aromatic nitrogens is 2. The zero-order valence-corrected chi connectivity index (χ0v) is 19.2. The molecule has 1 atom stereocenters. The van der Waals surface area contributed by atoms with Gasteiger partial charge in [-0.2, -0.15) is 0 Å². The molecule has 0 aliphatic rings. The number of pyridine rings is 1. The first kappa shape index (κ1) is 22.1. The van der Waals surface area contributed by atoms with Crippen LogP contribution in [-0.2, 0) is 9.59 Å². The molecule has 5 rings (SSSR count). The Balaban J connectivity index is 1.43. The lowest BCUT2D eigenvalue weighted by Gasteiger charge is -2.13. The predicted octanol–water partition coefficient (Wildman–Crippen LogP) is 5.48. The van der Waals surface area contributed by atoms with Crippen LogP contribution >= 0.6 is 0 Å². The van der Waals surface area contributed by atoms with Crippen LogP contribution < -0.4 is 11.1 Å². The summed E-state index contributed by atoms with van der Waals surface area (Å²) in [5.41, 5.74) is 9.70. The fourth-order valence-corrected chi connectivity index (χ4v) is 4.16. The third-order valence-corrected chi connectivity index (χ3v) is 6.15. The SMILES string of the molecule is CC(C(=O)Nc1cnc2[nH]cc(/C=C(/C(N)=O)c3ccccc3)c2c1)c1ccc2ccccc2c1. The van der Waals surface area contributed by atoms with Crippen molar-refractivity contribution in [2.75, 3.05) is 5.32 Å². The largest absolute Gasteiger partial charge is 0.366 e. The van der Waals surface area contributed by atoms with Gasteiger partial charge in [0, 0.05) is 22.7 Å². The fraction of sp³-hybridized carbons (Fsp3) is 0.0690. The van der Waals surface area contributed by atoms with Gasteiger partial charge in [0.15, 0.2) is 0 Å². The predicted molar refractivity (Wildman–Crippen MR) is 141 cm³/mol. The molecule has 35 heavy (non-hydrogen) atoms. The molecule has 5 aromatic rings. The van der Waals surface area contributed by atoms with E-state index >= 15 is 0 Å². The number of anilines is 1. The maximum atomic E-state index is 13.0. The van der Waals surface area contributed by atoms with Gasteiger partial charge in [-0.05, 0) is 41.0 Å². The molecule has 0 spiro atoms. The summed E-state index contributed by atoms with van der Waals surface area (Å²) in [6, 6.07) is 25.2. The van der Waals surface area contributed by atoms with E-state index in [4.69, 9.17) is 5.73 Å². The quantitative estimate of drug-likeness (QED) is 0.292. The average molecular weight is 461 g/mol. The molecular weight excluding hydrogens is 436 g/mol. The van der Waals surface area contributed by atoms with Crippen LogP contribution in [-0.4, -0.2) is 21.8 Å². The highest BCUT2D eigenvalue weighted by Gasteiger charge is 2.17. The second-order valence-corrected chi connectivity index (χ2v) is 8.47. The topological polar surface area (TPSA) is 101 Å². The monoisotopic (exact) mass is 460 g/mol. The molecule has 4 N–H and O–H groups in total. The lowest BCUT2D eigenvalue weighted by Crippen LogP contribution is -2.19. The third-order valence-electron chi connectivity index (χ3n) is 6.15. The zero-order chi connectivity index (χ0) is 24.4. The van der Waals surface area contributed by atoms with E-state index in [2.05, 4.69) is 21.4 Å². The first-order valence-corrected chi connectivity index (χ1v) is 11.3. The van der Waals surface area contributed by atoms with Crippen LogP contribution in [0.15, 0.2) is 91.3 Å². The molecule has 0 radical (unpaired) electrons. The molecule has 172 valence electrons. The molecule has 2 amide bonds. The van der Waals surface area contributed by atoms with Gasteiger partial charge in [0.05, 0.1) is 17.8 Å². The van der Waals surface area contributed by atoms with E-state index < -0.39 is 5.91 Å². The smallest absolute Gasteiger partial charge is 0.249 e. The summed E-state index contributed by atoms with van der Waals surface area (Å²) in [5.74, 6) is -0.996. The van der Waals surface area contributed by atoms with Crippen LogP contribution in [0.3, 0.4) is 0 Å². The minimum absolute atomic E-state index is 0.129. The Hall–Kier alpha value is -4.71. The highest BCUT2D eigenvalue weighted by molar-refractivity contribution is 6.24. The van der Waals surface area contributed by atoms with Gasteiger partial charge in [0.25, 0.3) is 0 Å². The van der Waals surface area contributed by atoms with Gasteiger partial charge < -0.3 is 16.0 Å². The Morgan fingerprint density at radius 3 is 2.49 bits per heavy atom. The van der Waals surface area contributed by atoms with Crippen LogP contribution in [0.2, 0.25) is 0 Å². The van der Waals surface area contributed by atoms with Crippen molar-refractivity contribution in [1.29, 1.82) is 0 Å². The number of H-pyrrole nitrogens is 1. The maximum absolute atomic E-state index is 13.0. The molecule has 0 aliphatic carbocycles. The first-order valence-electron chi connectivity index (χ1n) is 11.3. The number of aromatic amines is 1. The molecule has 1 unspecified atom stereocenters. The van der Waals surface area contributed by atoms with Crippen LogP contribution in [0.4, 0.5) is 5.69 Å². The van der Waals surface area contributed by atoms with Crippen molar-refractivity contribution in [2.45, 2.75) is 12.8 Å². The molecule has 0 saturated carbocycles. The van der Waals surface area contributed by atoms with Crippen molar-refractivity contribution in [3.05, 3.63) is 108 Å². The summed E-state index contributed by atoms with van der Waals surface area (Å²) in [6.07, 6.45) is 5.12. The Morgan fingerprint density at radius 1 is 0.971 bits per heavy atom. The number of nitrogens with two attached hydrogens (primary N) is 1. The number of carbonyl (C=O) groups excluding carboxylic acids is 2. The number of nitrogens with one attached hydrogen (secondary N) is 2. The zero-order valence-electron chi connectivity index (χ0n) is 19.2. The van der Waals surface area contributed by atoms with E-state index in [1.807, 2.05) is 79.7 Å². The molecule has 0 bridgehead atoms. The van der Waals surface area contributed by atoms with Crippen molar-refractivity contribution in [2.24, 2.45) is 5.73 Å². The lowest BCUT2D eigenvalue weighted by atomic mass is 9.97. The molecule has 6 nitrogen and oxygen atoms in total. The van der Waals surface area contributed by atoms with Crippen molar-refractivity contribution in [1.82, 2.24) is 9.97 Å². The van der Waals surface area contributed by atoms with Gasteiger partial charge in [-0.1, -0.05) is 72.8 Å². The maximum Gasteiger partial charge on any atom is 0.249 e. The molecule has 0 aliphatic heterocycles.